The summed E-state index contributed by atoms with van der Waals surface area (Å²) in [6.07, 6.45) is 29.1. The Kier molecular flexibility index (Phi) is 32.8. The van der Waals surface area contributed by atoms with Crippen molar-refractivity contribution >= 4 is 13.8 Å². The van der Waals surface area contributed by atoms with Crippen LogP contribution >= 0.6 is 7.82 Å². The number of esters is 1. The van der Waals surface area contributed by atoms with E-state index in [1.54, 1.807) is 0 Å². The Balaban J connectivity index is 2.45. The Labute approximate surface area is 344 Å². The molecule has 0 aliphatic heterocycles. The molecule has 6 N–H and O–H groups in total. The third kappa shape index (κ3) is 27.6. The van der Waals surface area contributed by atoms with Crippen LogP contribution < -0.4 is 0 Å². The molecule has 0 aromatic rings. The highest BCUT2D eigenvalue weighted by atomic mass is 31.2. The van der Waals surface area contributed by atoms with Gasteiger partial charge in [-0.25, -0.2) is 4.57 Å². The molecule has 1 fully saturated rings. The number of rotatable bonds is 36. The van der Waals surface area contributed by atoms with Gasteiger partial charge in [0.05, 0.1) is 13.2 Å². The van der Waals surface area contributed by atoms with Crippen molar-refractivity contribution in [3.63, 3.8) is 0 Å². The molecule has 13 heteroatoms. The van der Waals surface area contributed by atoms with E-state index >= 15 is 0 Å². The largest absolute Gasteiger partial charge is 0.472 e. The molecule has 0 aromatic heterocycles. The molecule has 1 aliphatic rings. The smallest absolute Gasteiger partial charge is 0.457 e. The summed E-state index contributed by atoms with van der Waals surface area (Å²) >= 11 is 0. The summed E-state index contributed by atoms with van der Waals surface area (Å²) in [5, 5.41) is 50.1. The van der Waals surface area contributed by atoms with Crippen molar-refractivity contribution in [1.82, 2.24) is 0 Å². The molecule has 0 amide bonds. The summed E-state index contributed by atoms with van der Waals surface area (Å²) in [5.41, 5.74) is 0. The second-order valence-corrected chi connectivity index (χ2v) is 16.6. The van der Waals surface area contributed by atoms with Crippen LogP contribution in [0, 0.1) is 0 Å². The second-order valence-electron chi connectivity index (χ2n) is 15.2. The molecule has 0 bridgehead atoms. The van der Waals surface area contributed by atoms with Crippen molar-refractivity contribution in [2.75, 3.05) is 19.8 Å². The van der Waals surface area contributed by atoms with Crippen LogP contribution in [0.1, 0.15) is 162 Å². The summed E-state index contributed by atoms with van der Waals surface area (Å²) in [5.74, 6) is -0.496. The summed E-state index contributed by atoms with van der Waals surface area (Å²) < 4.78 is 34.0. The SMILES string of the molecule is CC/C=C\C/C=C\C/C=C\C/C=C\CCCOCC(COP(=O)(O)OC1C(O)C(O)C(O)C(O)C1O)OC(=O)CCCCCCCCCCCCCCCCCC. The van der Waals surface area contributed by atoms with Crippen molar-refractivity contribution in [3.05, 3.63) is 48.6 Å². The van der Waals surface area contributed by atoms with Crippen LogP contribution in [0.15, 0.2) is 48.6 Å². The predicted octanol–water partition coefficient (Wildman–Crippen LogP) is 8.47. The Morgan fingerprint density at radius 2 is 1.02 bits per heavy atom. The Morgan fingerprint density at radius 3 is 1.51 bits per heavy atom. The van der Waals surface area contributed by atoms with Gasteiger partial charge in [-0.2, -0.15) is 0 Å². The first kappa shape index (κ1) is 53.3. The minimum Gasteiger partial charge on any atom is -0.457 e. The van der Waals surface area contributed by atoms with Gasteiger partial charge in [-0.15, -0.1) is 0 Å². The highest BCUT2D eigenvalue weighted by Gasteiger charge is 2.51. The number of phosphoric acid groups is 1. The number of aliphatic hydroxyl groups is 5. The molecule has 0 radical (unpaired) electrons. The zero-order chi connectivity index (χ0) is 42.0. The minimum atomic E-state index is -5.03. The molecule has 57 heavy (non-hydrogen) atoms. The van der Waals surface area contributed by atoms with Crippen LogP contribution in [0.4, 0.5) is 0 Å². The number of phosphoric ester groups is 1. The van der Waals surface area contributed by atoms with E-state index < -0.39 is 63.1 Å². The monoisotopic (exact) mass is 831 g/mol. The fraction of sp³-hybridized carbons (Fsp3) is 0.795. The van der Waals surface area contributed by atoms with Gasteiger partial charge < -0.3 is 39.9 Å². The van der Waals surface area contributed by atoms with E-state index in [0.29, 0.717) is 19.4 Å². The van der Waals surface area contributed by atoms with Gasteiger partial charge in [0.1, 0.15) is 42.7 Å². The standard InChI is InChI=1S/C44H79O12P/c1-3-5-7-9-11-13-15-17-19-20-21-23-25-27-29-31-33-38(45)55-37(35-53-34-32-30-28-26-24-22-18-16-14-12-10-8-6-4-2)36-54-57(51,52)56-44-42(49)40(47)39(46)41(48)43(44)50/h6,8,12,14,18,22,26,28,37,39-44,46-50H,3-5,7,9-11,13,15-17,19-21,23-25,27,29-36H2,1-2H3,(H,51,52)/b8-6-,14-12-,22-18-,28-26-. The minimum absolute atomic E-state index is 0.114. The number of carbonyl (C=O) groups excluding carboxylic acids is 1. The molecule has 12 nitrogen and oxygen atoms in total. The number of allylic oxidation sites excluding steroid dienone is 8. The van der Waals surface area contributed by atoms with Gasteiger partial charge in [0.2, 0.25) is 0 Å². The average molecular weight is 831 g/mol. The molecular weight excluding hydrogens is 751 g/mol. The summed E-state index contributed by atoms with van der Waals surface area (Å²) in [6, 6.07) is 0. The van der Waals surface area contributed by atoms with Crippen molar-refractivity contribution in [3.8, 4) is 0 Å². The Morgan fingerprint density at radius 1 is 0.579 bits per heavy atom. The van der Waals surface area contributed by atoms with E-state index in [0.717, 1.165) is 51.4 Å². The van der Waals surface area contributed by atoms with Gasteiger partial charge in [-0.1, -0.05) is 159 Å². The lowest BCUT2D eigenvalue weighted by atomic mass is 9.85. The number of hydrogen-bond acceptors (Lipinski definition) is 11. The lowest BCUT2D eigenvalue weighted by Gasteiger charge is -2.41. The molecule has 0 saturated heterocycles. The Hall–Kier alpha value is -1.70. The summed E-state index contributed by atoms with van der Waals surface area (Å²) in [6.45, 7) is 4.00. The van der Waals surface area contributed by atoms with Gasteiger partial charge in [-0.3, -0.25) is 13.8 Å². The molecule has 1 aliphatic carbocycles. The van der Waals surface area contributed by atoms with Gasteiger partial charge in [0.15, 0.2) is 0 Å². The molecule has 6 atom stereocenters. The Bertz CT molecular complexity index is 1130. The fourth-order valence-corrected chi connectivity index (χ4v) is 7.45. The zero-order valence-corrected chi connectivity index (χ0v) is 36.0. The molecule has 0 aromatic carbocycles. The molecule has 1 saturated carbocycles. The third-order valence-corrected chi connectivity index (χ3v) is 11.0. The first-order valence-electron chi connectivity index (χ1n) is 22.0. The van der Waals surface area contributed by atoms with Gasteiger partial charge in [0, 0.05) is 13.0 Å². The van der Waals surface area contributed by atoms with Crippen molar-refractivity contribution in [2.45, 2.75) is 204 Å². The summed E-state index contributed by atoms with van der Waals surface area (Å²) in [7, 11) is -5.03. The van der Waals surface area contributed by atoms with Crippen LogP contribution in [0.2, 0.25) is 0 Å². The first-order valence-corrected chi connectivity index (χ1v) is 23.5. The lowest BCUT2D eigenvalue weighted by molar-refractivity contribution is -0.220. The van der Waals surface area contributed by atoms with E-state index in [9.17, 15) is 39.8 Å². The molecular formula is C44H79O12P. The van der Waals surface area contributed by atoms with Crippen LogP contribution in [0.5, 0.6) is 0 Å². The van der Waals surface area contributed by atoms with Gasteiger partial charge in [-0.05, 0) is 44.9 Å². The third-order valence-electron chi connectivity index (χ3n) is 9.97. The predicted molar refractivity (Wildman–Crippen MR) is 225 cm³/mol. The van der Waals surface area contributed by atoms with Crippen molar-refractivity contribution in [2.24, 2.45) is 0 Å². The molecule has 6 unspecified atom stereocenters. The van der Waals surface area contributed by atoms with Crippen LogP contribution in [0.25, 0.3) is 0 Å². The number of aliphatic hydroxyl groups excluding tert-OH is 5. The number of carbonyl (C=O) groups is 1. The van der Waals surface area contributed by atoms with Crippen LogP contribution in [0.3, 0.4) is 0 Å². The number of ether oxygens (including phenoxy) is 2. The quantitative estimate of drug-likeness (QED) is 0.0153. The molecule has 1 rings (SSSR count). The van der Waals surface area contributed by atoms with E-state index in [1.165, 1.54) is 77.0 Å². The van der Waals surface area contributed by atoms with E-state index in [4.69, 9.17) is 18.5 Å². The van der Waals surface area contributed by atoms with Crippen molar-refractivity contribution < 1.29 is 58.3 Å². The molecule has 0 spiro atoms. The second kappa shape index (κ2) is 35.1. The average Bonchev–Trinajstić information content (AvgIpc) is 3.19. The van der Waals surface area contributed by atoms with E-state index in [2.05, 4.69) is 62.5 Å². The van der Waals surface area contributed by atoms with Crippen LogP contribution in [-0.2, 0) is 27.9 Å². The fourth-order valence-electron chi connectivity index (χ4n) is 6.48. The number of unbranched alkanes of at least 4 members (excludes halogenated alkanes) is 16. The van der Waals surface area contributed by atoms with Crippen molar-refractivity contribution in [1.29, 1.82) is 0 Å². The van der Waals surface area contributed by atoms with E-state index in [1.807, 2.05) is 0 Å². The maximum Gasteiger partial charge on any atom is 0.472 e. The first-order chi connectivity index (χ1) is 27.5. The molecule has 332 valence electrons. The topological polar surface area (TPSA) is 192 Å². The van der Waals surface area contributed by atoms with Crippen LogP contribution in [-0.4, -0.2) is 98.9 Å². The lowest BCUT2D eigenvalue weighted by Crippen LogP contribution is -2.64. The van der Waals surface area contributed by atoms with Gasteiger partial charge in [0.25, 0.3) is 0 Å². The number of hydrogen-bond donors (Lipinski definition) is 6. The highest BCUT2D eigenvalue weighted by Crippen LogP contribution is 2.47. The maximum atomic E-state index is 12.8. The normalized spacial score (nSPS) is 23.3. The molecule has 0 heterocycles. The maximum absolute atomic E-state index is 12.8. The highest BCUT2D eigenvalue weighted by molar-refractivity contribution is 7.47. The van der Waals surface area contributed by atoms with Gasteiger partial charge >= 0.3 is 13.8 Å². The zero-order valence-electron chi connectivity index (χ0n) is 35.1. The summed E-state index contributed by atoms with van der Waals surface area (Å²) in [4.78, 5) is 23.1. The van der Waals surface area contributed by atoms with E-state index in [-0.39, 0.29) is 13.0 Å².